The molecule has 116 valence electrons. The fourth-order valence-corrected chi connectivity index (χ4v) is 4.28. The average Bonchev–Trinajstić information content (AvgIpc) is 2.98. The number of carboxylic acid groups (broad SMARTS) is 1. The van der Waals surface area contributed by atoms with Crippen molar-refractivity contribution in [2.75, 3.05) is 13.1 Å². The van der Waals surface area contributed by atoms with Crippen LogP contribution >= 0.6 is 0 Å². The van der Waals surface area contributed by atoms with Crippen LogP contribution in [0.1, 0.15) is 6.42 Å². The van der Waals surface area contributed by atoms with E-state index in [4.69, 9.17) is 5.11 Å². The fraction of sp³-hybridized carbons (Fsp3) is 0.267. The maximum absolute atomic E-state index is 14.6. The third-order valence-electron chi connectivity index (χ3n) is 3.95. The smallest absolute Gasteiger partial charge is 0.307 e. The normalized spacial score (nSPS) is 19.6. The van der Waals surface area contributed by atoms with E-state index in [1.807, 2.05) is 0 Å². The molecule has 0 bridgehead atoms. The number of carboxylic acids is 1. The van der Waals surface area contributed by atoms with Crippen molar-refractivity contribution in [2.24, 2.45) is 5.92 Å². The largest absolute Gasteiger partial charge is 0.481 e. The number of rotatable bonds is 3. The maximum Gasteiger partial charge on any atom is 0.307 e. The molecule has 1 fully saturated rings. The van der Waals surface area contributed by atoms with Gasteiger partial charge >= 0.3 is 5.97 Å². The molecule has 0 amide bonds. The number of aliphatic carboxylic acids is 1. The van der Waals surface area contributed by atoms with Gasteiger partial charge in [-0.3, -0.25) is 4.79 Å². The highest BCUT2D eigenvalue weighted by Crippen LogP contribution is 2.29. The summed E-state index contributed by atoms with van der Waals surface area (Å²) in [5.74, 6) is -2.56. The van der Waals surface area contributed by atoms with Crippen LogP contribution in [0.4, 0.5) is 4.39 Å². The van der Waals surface area contributed by atoms with E-state index in [1.165, 1.54) is 12.1 Å². The van der Waals surface area contributed by atoms with E-state index >= 15 is 0 Å². The Hall–Kier alpha value is -1.99. The van der Waals surface area contributed by atoms with Crippen molar-refractivity contribution in [3.8, 4) is 0 Å². The molecule has 0 aliphatic carbocycles. The molecule has 2 aromatic carbocycles. The van der Waals surface area contributed by atoms with E-state index in [-0.39, 0.29) is 24.9 Å². The van der Waals surface area contributed by atoms with Crippen LogP contribution in [0.25, 0.3) is 10.8 Å². The van der Waals surface area contributed by atoms with Gasteiger partial charge < -0.3 is 5.11 Å². The van der Waals surface area contributed by atoms with Crippen molar-refractivity contribution in [3.05, 3.63) is 42.2 Å². The Labute approximate surface area is 127 Å². The van der Waals surface area contributed by atoms with E-state index in [9.17, 15) is 17.6 Å². The highest BCUT2D eigenvalue weighted by atomic mass is 32.2. The van der Waals surface area contributed by atoms with E-state index in [0.717, 1.165) is 4.31 Å². The molecule has 1 aliphatic heterocycles. The second kappa shape index (κ2) is 5.33. The number of sulfonamides is 1. The van der Waals surface area contributed by atoms with Crippen LogP contribution < -0.4 is 0 Å². The molecule has 3 rings (SSSR count). The molecule has 5 nitrogen and oxygen atoms in total. The lowest BCUT2D eigenvalue weighted by molar-refractivity contribution is -0.141. The van der Waals surface area contributed by atoms with Gasteiger partial charge in [0.05, 0.1) is 5.92 Å². The molecular formula is C15H14FNO4S. The van der Waals surface area contributed by atoms with Crippen LogP contribution in [-0.2, 0) is 14.8 Å². The van der Waals surface area contributed by atoms with E-state index in [0.29, 0.717) is 5.39 Å². The Morgan fingerprint density at radius 2 is 1.95 bits per heavy atom. The van der Waals surface area contributed by atoms with E-state index < -0.39 is 32.6 Å². The predicted molar refractivity (Wildman–Crippen MR) is 78.4 cm³/mol. The second-order valence-electron chi connectivity index (χ2n) is 5.29. The van der Waals surface area contributed by atoms with Crippen LogP contribution in [0.3, 0.4) is 0 Å². The van der Waals surface area contributed by atoms with Gasteiger partial charge in [-0.1, -0.05) is 30.3 Å². The number of carbonyl (C=O) groups is 1. The summed E-state index contributed by atoms with van der Waals surface area (Å²) in [6.07, 6.45) is 0.240. The van der Waals surface area contributed by atoms with Crippen LogP contribution in [0, 0.1) is 11.7 Å². The van der Waals surface area contributed by atoms with Gasteiger partial charge in [0.25, 0.3) is 0 Å². The summed E-state index contributed by atoms with van der Waals surface area (Å²) in [5.41, 5.74) is 0. The first-order valence-electron chi connectivity index (χ1n) is 6.81. The summed E-state index contributed by atoms with van der Waals surface area (Å²) in [5, 5.41) is 9.82. The van der Waals surface area contributed by atoms with Crippen LogP contribution in [0.5, 0.6) is 0 Å². The van der Waals surface area contributed by atoms with Gasteiger partial charge in [-0.25, -0.2) is 12.8 Å². The third-order valence-corrected chi connectivity index (χ3v) is 5.83. The van der Waals surface area contributed by atoms with Gasteiger partial charge in [0, 0.05) is 18.5 Å². The minimum absolute atomic E-state index is 0.0889. The first kappa shape index (κ1) is 14.9. The lowest BCUT2D eigenvalue weighted by Crippen LogP contribution is -2.30. The van der Waals surface area contributed by atoms with E-state index in [2.05, 4.69) is 0 Å². The molecule has 0 spiro atoms. The van der Waals surface area contributed by atoms with Crippen molar-refractivity contribution in [3.63, 3.8) is 0 Å². The lowest BCUT2D eigenvalue weighted by Gasteiger charge is -2.17. The first-order chi connectivity index (χ1) is 10.4. The van der Waals surface area contributed by atoms with Crippen molar-refractivity contribution < 1.29 is 22.7 Å². The van der Waals surface area contributed by atoms with Crippen LogP contribution in [0.15, 0.2) is 41.3 Å². The Kier molecular flexibility index (Phi) is 3.62. The van der Waals surface area contributed by atoms with Crippen molar-refractivity contribution in [1.82, 2.24) is 4.31 Å². The molecule has 1 saturated heterocycles. The quantitative estimate of drug-likeness (QED) is 0.938. The molecule has 0 saturated carbocycles. The second-order valence-corrected chi connectivity index (χ2v) is 7.19. The number of fused-ring (bicyclic) bond motifs is 1. The first-order valence-corrected chi connectivity index (χ1v) is 8.25. The zero-order valence-corrected chi connectivity index (χ0v) is 12.4. The monoisotopic (exact) mass is 323 g/mol. The Bertz CT molecular complexity index is 850. The number of hydrogen-bond donors (Lipinski definition) is 1. The lowest BCUT2D eigenvalue weighted by atomic mass is 10.1. The summed E-state index contributed by atoms with van der Waals surface area (Å²) in [6.45, 7) is -0.0322. The molecular weight excluding hydrogens is 309 g/mol. The molecule has 7 heteroatoms. The van der Waals surface area contributed by atoms with Crippen LogP contribution in [0.2, 0.25) is 0 Å². The van der Waals surface area contributed by atoms with Crippen molar-refractivity contribution in [2.45, 2.75) is 11.3 Å². The van der Waals surface area contributed by atoms with Gasteiger partial charge in [0.2, 0.25) is 10.0 Å². The molecule has 1 atom stereocenters. The van der Waals surface area contributed by atoms with Gasteiger partial charge in [0.1, 0.15) is 4.90 Å². The Morgan fingerprint density at radius 3 is 2.64 bits per heavy atom. The molecule has 1 N–H and O–H groups in total. The standard InChI is InChI=1S/C15H14FNO4S/c16-14-12-4-2-1-3-10(12)5-6-13(14)22(20,21)17-8-7-11(9-17)15(18)19/h1-6,11H,7-9H2,(H,18,19). The summed E-state index contributed by atoms with van der Waals surface area (Å²) in [4.78, 5) is 10.6. The highest BCUT2D eigenvalue weighted by Gasteiger charge is 2.37. The number of benzene rings is 2. The zero-order chi connectivity index (χ0) is 15.9. The fourth-order valence-electron chi connectivity index (χ4n) is 2.70. The summed E-state index contributed by atoms with van der Waals surface area (Å²) < 4.78 is 40.7. The molecule has 0 radical (unpaired) electrons. The van der Waals surface area contributed by atoms with Gasteiger partial charge in [-0.2, -0.15) is 4.31 Å². The number of hydrogen-bond acceptors (Lipinski definition) is 3. The third kappa shape index (κ3) is 2.36. The number of halogens is 1. The minimum atomic E-state index is -4.03. The highest BCUT2D eigenvalue weighted by molar-refractivity contribution is 7.89. The summed E-state index contributed by atoms with van der Waals surface area (Å²) in [7, 11) is -4.03. The topological polar surface area (TPSA) is 74.7 Å². The molecule has 2 aromatic rings. The van der Waals surface area contributed by atoms with Crippen LogP contribution in [-0.4, -0.2) is 36.9 Å². The SMILES string of the molecule is O=C(O)C1CCN(S(=O)(=O)c2ccc3ccccc3c2F)C1. The van der Waals surface area contributed by atoms with Crippen molar-refractivity contribution in [1.29, 1.82) is 0 Å². The summed E-state index contributed by atoms with van der Waals surface area (Å²) in [6, 6.07) is 9.39. The minimum Gasteiger partial charge on any atom is -0.481 e. The Morgan fingerprint density at radius 1 is 1.23 bits per heavy atom. The zero-order valence-electron chi connectivity index (χ0n) is 11.6. The number of nitrogens with zero attached hydrogens (tertiary/aromatic N) is 1. The molecule has 1 aliphatic rings. The maximum atomic E-state index is 14.6. The molecule has 22 heavy (non-hydrogen) atoms. The predicted octanol–water partition coefficient (Wildman–Crippen LogP) is 2.07. The Balaban J connectivity index is 2.03. The van der Waals surface area contributed by atoms with Gasteiger partial charge in [-0.05, 0) is 17.9 Å². The summed E-state index contributed by atoms with van der Waals surface area (Å²) >= 11 is 0. The van der Waals surface area contributed by atoms with E-state index in [1.54, 1.807) is 24.3 Å². The molecule has 1 heterocycles. The molecule has 1 unspecified atom stereocenters. The van der Waals surface area contributed by atoms with Gasteiger partial charge in [0.15, 0.2) is 5.82 Å². The van der Waals surface area contributed by atoms with Gasteiger partial charge in [-0.15, -0.1) is 0 Å². The average molecular weight is 323 g/mol. The van der Waals surface area contributed by atoms with Crippen molar-refractivity contribution >= 4 is 26.8 Å². The molecule has 0 aromatic heterocycles.